The number of amides is 2. The topological polar surface area (TPSA) is 79.6 Å². The summed E-state index contributed by atoms with van der Waals surface area (Å²) in [4.78, 5) is 37.6. The standard InChI is InChI=1S/C20H14ClFN2O4/c21-15-9-14(3-4-16(15)22)24-10-12(8-18(24)25)20(27)23-13-2-5-17-11(7-13)1-6-19(26)28-17/h1-7,9,12H,8,10H2,(H,23,27)/t12-/m0/s1. The number of fused-ring (bicyclic) bond motifs is 1. The van der Waals surface area contributed by atoms with E-state index in [0.29, 0.717) is 22.3 Å². The number of rotatable bonds is 3. The molecular formula is C20H14ClFN2O4. The fraction of sp³-hybridized carbons (Fsp3) is 0.150. The lowest BCUT2D eigenvalue weighted by atomic mass is 10.1. The number of hydrogen-bond acceptors (Lipinski definition) is 4. The maximum Gasteiger partial charge on any atom is 0.336 e. The van der Waals surface area contributed by atoms with Gasteiger partial charge in [-0.15, -0.1) is 0 Å². The molecule has 0 unspecified atom stereocenters. The summed E-state index contributed by atoms with van der Waals surface area (Å²) in [7, 11) is 0. The van der Waals surface area contributed by atoms with E-state index in [1.807, 2.05) is 0 Å². The van der Waals surface area contributed by atoms with Crippen LogP contribution in [-0.4, -0.2) is 18.4 Å². The van der Waals surface area contributed by atoms with Crippen LogP contribution in [0.15, 0.2) is 57.7 Å². The molecule has 1 aromatic heterocycles. The Hall–Kier alpha value is -3.19. The Morgan fingerprint density at radius 2 is 1.96 bits per heavy atom. The average molecular weight is 401 g/mol. The largest absolute Gasteiger partial charge is 0.423 e. The SMILES string of the molecule is O=C(Nc1ccc2oc(=O)ccc2c1)[C@H]1CC(=O)N(c2ccc(F)c(Cl)c2)C1. The Balaban J connectivity index is 1.49. The highest BCUT2D eigenvalue weighted by Crippen LogP contribution is 2.29. The Morgan fingerprint density at radius 1 is 1.14 bits per heavy atom. The number of anilines is 2. The maximum atomic E-state index is 13.3. The van der Waals surface area contributed by atoms with E-state index in [1.54, 1.807) is 24.3 Å². The van der Waals surface area contributed by atoms with Crippen molar-refractivity contribution >= 4 is 45.8 Å². The van der Waals surface area contributed by atoms with Gasteiger partial charge < -0.3 is 14.6 Å². The molecule has 2 amide bonds. The minimum absolute atomic E-state index is 0.0449. The Bertz CT molecular complexity index is 1160. The van der Waals surface area contributed by atoms with Crippen molar-refractivity contribution in [2.45, 2.75) is 6.42 Å². The van der Waals surface area contributed by atoms with Gasteiger partial charge in [0.2, 0.25) is 11.8 Å². The zero-order valence-electron chi connectivity index (χ0n) is 14.4. The Morgan fingerprint density at radius 3 is 2.75 bits per heavy atom. The van der Waals surface area contributed by atoms with Crippen LogP contribution in [0.25, 0.3) is 11.0 Å². The molecule has 1 atom stereocenters. The van der Waals surface area contributed by atoms with Crippen molar-refractivity contribution in [3.63, 3.8) is 0 Å². The molecule has 0 spiro atoms. The lowest BCUT2D eigenvalue weighted by Gasteiger charge is -2.17. The van der Waals surface area contributed by atoms with Crippen molar-refractivity contribution in [1.29, 1.82) is 0 Å². The summed E-state index contributed by atoms with van der Waals surface area (Å²) in [5.74, 6) is -1.66. The van der Waals surface area contributed by atoms with Crippen LogP contribution < -0.4 is 15.8 Å². The molecule has 1 aliphatic heterocycles. The first-order chi connectivity index (χ1) is 13.4. The molecule has 0 bridgehead atoms. The van der Waals surface area contributed by atoms with E-state index in [2.05, 4.69) is 5.32 Å². The summed E-state index contributed by atoms with van der Waals surface area (Å²) >= 11 is 5.78. The van der Waals surface area contributed by atoms with Gasteiger partial charge >= 0.3 is 5.63 Å². The van der Waals surface area contributed by atoms with E-state index >= 15 is 0 Å². The van der Waals surface area contributed by atoms with Gasteiger partial charge in [0.25, 0.3) is 0 Å². The predicted octanol–water partition coefficient (Wildman–Crippen LogP) is 3.58. The molecule has 0 aliphatic carbocycles. The average Bonchev–Trinajstić information content (AvgIpc) is 3.06. The van der Waals surface area contributed by atoms with E-state index < -0.39 is 17.4 Å². The fourth-order valence-electron chi connectivity index (χ4n) is 3.18. The van der Waals surface area contributed by atoms with Crippen LogP contribution in [0.2, 0.25) is 5.02 Å². The highest BCUT2D eigenvalue weighted by Gasteiger charge is 2.35. The van der Waals surface area contributed by atoms with Gasteiger partial charge in [-0.2, -0.15) is 0 Å². The smallest absolute Gasteiger partial charge is 0.336 e. The number of nitrogens with zero attached hydrogens (tertiary/aromatic N) is 1. The van der Waals surface area contributed by atoms with Gasteiger partial charge in [0, 0.05) is 35.8 Å². The molecule has 142 valence electrons. The molecule has 0 radical (unpaired) electrons. The molecule has 8 heteroatoms. The van der Waals surface area contributed by atoms with Gasteiger partial charge in [-0.1, -0.05) is 11.6 Å². The van der Waals surface area contributed by atoms with Crippen LogP contribution in [0.4, 0.5) is 15.8 Å². The fourth-order valence-corrected chi connectivity index (χ4v) is 3.35. The number of carbonyl (C=O) groups excluding carboxylic acids is 2. The van der Waals surface area contributed by atoms with Crippen molar-refractivity contribution < 1.29 is 18.4 Å². The highest BCUT2D eigenvalue weighted by molar-refractivity contribution is 6.31. The van der Waals surface area contributed by atoms with Crippen LogP contribution in [0.3, 0.4) is 0 Å². The van der Waals surface area contributed by atoms with Gasteiger partial charge in [-0.05, 0) is 42.5 Å². The summed E-state index contributed by atoms with van der Waals surface area (Å²) in [5.41, 5.74) is 0.949. The monoisotopic (exact) mass is 400 g/mol. The quantitative estimate of drug-likeness (QED) is 0.681. The van der Waals surface area contributed by atoms with Crippen molar-refractivity contribution in [2.24, 2.45) is 5.92 Å². The molecular weight excluding hydrogens is 387 g/mol. The third kappa shape index (κ3) is 3.48. The first kappa shape index (κ1) is 18.2. The van der Waals surface area contributed by atoms with Gasteiger partial charge in [-0.25, -0.2) is 9.18 Å². The summed E-state index contributed by atoms with van der Waals surface area (Å²) in [6, 6.07) is 11.8. The number of benzene rings is 2. The van der Waals surface area contributed by atoms with Crippen LogP contribution in [0.1, 0.15) is 6.42 Å². The molecule has 1 saturated heterocycles. The van der Waals surface area contributed by atoms with Crippen LogP contribution >= 0.6 is 11.6 Å². The zero-order valence-corrected chi connectivity index (χ0v) is 15.2. The van der Waals surface area contributed by atoms with Gasteiger partial charge in [0.05, 0.1) is 10.9 Å². The van der Waals surface area contributed by atoms with E-state index in [4.69, 9.17) is 16.0 Å². The molecule has 6 nitrogen and oxygen atoms in total. The molecule has 2 aromatic carbocycles. The Kier molecular flexibility index (Phi) is 4.60. The van der Waals surface area contributed by atoms with E-state index in [1.165, 1.54) is 29.2 Å². The predicted molar refractivity (Wildman–Crippen MR) is 103 cm³/mol. The third-order valence-corrected chi connectivity index (χ3v) is 4.89. The van der Waals surface area contributed by atoms with E-state index in [0.717, 1.165) is 0 Å². The second-order valence-electron chi connectivity index (χ2n) is 6.50. The second-order valence-corrected chi connectivity index (χ2v) is 6.91. The first-order valence-corrected chi connectivity index (χ1v) is 8.89. The molecule has 1 aliphatic rings. The number of carbonyl (C=O) groups is 2. The van der Waals surface area contributed by atoms with Crippen molar-refractivity contribution in [3.05, 3.63) is 69.8 Å². The highest BCUT2D eigenvalue weighted by atomic mass is 35.5. The number of nitrogens with one attached hydrogen (secondary N) is 1. The minimum atomic E-state index is -0.571. The second kappa shape index (κ2) is 7.09. The van der Waals surface area contributed by atoms with Crippen LogP contribution in [0, 0.1) is 11.7 Å². The number of hydrogen-bond donors (Lipinski definition) is 1. The maximum absolute atomic E-state index is 13.3. The lowest BCUT2D eigenvalue weighted by Crippen LogP contribution is -2.28. The van der Waals surface area contributed by atoms with E-state index in [-0.39, 0.29) is 29.8 Å². The molecule has 3 aromatic rings. The summed E-state index contributed by atoms with van der Waals surface area (Å²) < 4.78 is 18.4. The molecule has 1 N–H and O–H groups in total. The van der Waals surface area contributed by atoms with Crippen LogP contribution in [0.5, 0.6) is 0 Å². The summed E-state index contributed by atoms with van der Waals surface area (Å²) in [6.07, 6.45) is 0.0449. The summed E-state index contributed by atoms with van der Waals surface area (Å²) in [5, 5.41) is 3.37. The van der Waals surface area contributed by atoms with Crippen LogP contribution in [-0.2, 0) is 9.59 Å². The molecule has 0 saturated carbocycles. The summed E-state index contributed by atoms with van der Waals surface area (Å²) in [6.45, 7) is 0.176. The van der Waals surface area contributed by atoms with Crippen molar-refractivity contribution in [2.75, 3.05) is 16.8 Å². The lowest BCUT2D eigenvalue weighted by molar-refractivity contribution is -0.122. The van der Waals surface area contributed by atoms with Crippen molar-refractivity contribution in [1.82, 2.24) is 0 Å². The zero-order chi connectivity index (χ0) is 19.8. The van der Waals surface area contributed by atoms with E-state index in [9.17, 15) is 18.8 Å². The first-order valence-electron chi connectivity index (χ1n) is 8.51. The van der Waals surface area contributed by atoms with Gasteiger partial charge in [-0.3, -0.25) is 9.59 Å². The minimum Gasteiger partial charge on any atom is -0.423 e. The molecule has 4 rings (SSSR count). The molecule has 28 heavy (non-hydrogen) atoms. The van der Waals surface area contributed by atoms with Crippen molar-refractivity contribution in [3.8, 4) is 0 Å². The third-order valence-electron chi connectivity index (χ3n) is 4.60. The molecule has 1 fully saturated rings. The number of halogens is 2. The molecule has 2 heterocycles. The van der Waals surface area contributed by atoms with Gasteiger partial charge in [0.1, 0.15) is 11.4 Å². The normalized spacial score (nSPS) is 16.6. The Labute approximate surface area is 163 Å². The van der Waals surface area contributed by atoms with Gasteiger partial charge in [0.15, 0.2) is 0 Å².